The third-order valence-electron chi connectivity index (χ3n) is 5.65. The lowest BCUT2D eigenvalue weighted by Crippen LogP contribution is -2.38. The van der Waals surface area contributed by atoms with Gasteiger partial charge < -0.3 is 15.0 Å². The summed E-state index contributed by atoms with van der Waals surface area (Å²) in [7, 11) is 1.65. The molecule has 0 spiro atoms. The standard InChI is InChI=1S/C24H25BrN4O2/c1-16-13-19(5-8-21(16)25)28-24(30)18-9-11-29(12-10-18)23-14-22(26-15-27-23)17-3-6-20(31-2)7-4-17/h3-8,13-15,18H,9-12H2,1-2H3,(H,28,30). The maximum atomic E-state index is 12.7. The van der Waals surface area contributed by atoms with E-state index in [1.165, 1.54) is 0 Å². The van der Waals surface area contributed by atoms with Gasteiger partial charge in [0.25, 0.3) is 0 Å². The molecule has 7 heteroatoms. The van der Waals surface area contributed by atoms with Crippen molar-refractivity contribution >= 4 is 33.3 Å². The summed E-state index contributed by atoms with van der Waals surface area (Å²) in [6.07, 6.45) is 3.19. The Morgan fingerprint density at radius 1 is 1.10 bits per heavy atom. The van der Waals surface area contributed by atoms with Crippen molar-refractivity contribution in [2.45, 2.75) is 19.8 Å². The predicted octanol–water partition coefficient (Wildman–Crippen LogP) is 5.08. The number of amides is 1. The molecule has 1 aliphatic heterocycles. The second kappa shape index (κ2) is 9.47. The fourth-order valence-electron chi connectivity index (χ4n) is 3.78. The average Bonchev–Trinajstić information content (AvgIpc) is 2.82. The minimum Gasteiger partial charge on any atom is -0.497 e. The van der Waals surface area contributed by atoms with Gasteiger partial charge in [-0.05, 0) is 67.8 Å². The lowest BCUT2D eigenvalue weighted by Gasteiger charge is -2.32. The van der Waals surface area contributed by atoms with E-state index in [0.29, 0.717) is 0 Å². The van der Waals surface area contributed by atoms with Gasteiger partial charge in [0, 0.05) is 40.8 Å². The topological polar surface area (TPSA) is 67.3 Å². The van der Waals surface area contributed by atoms with Gasteiger partial charge in [-0.1, -0.05) is 15.9 Å². The van der Waals surface area contributed by atoms with Crippen LogP contribution in [0.3, 0.4) is 0 Å². The predicted molar refractivity (Wildman–Crippen MR) is 126 cm³/mol. The Kier molecular flexibility index (Phi) is 6.51. The maximum Gasteiger partial charge on any atom is 0.227 e. The number of hydrogen-bond donors (Lipinski definition) is 1. The molecule has 1 aromatic heterocycles. The number of aryl methyl sites for hydroxylation is 1. The summed E-state index contributed by atoms with van der Waals surface area (Å²) in [5.41, 5.74) is 3.83. The van der Waals surface area contributed by atoms with Crippen molar-refractivity contribution in [1.82, 2.24) is 9.97 Å². The van der Waals surface area contributed by atoms with Crippen molar-refractivity contribution < 1.29 is 9.53 Å². The van der Waals surface area contributed by atoms with Gasteiger partial charge in [0.15, 0.2) is 0 Å². The zero-order valence-electron chi connectivity index (χ0n) is 17.6. The largest absolute Gasteiger partial charge is 0.497 e. The molecular formula is C24H25BrN4O2. The number of carbonyl (C=O) groups is 1. The Labute approximate surface area is 190 Å². The first-order valence-electron chi connectivity index (χ1n) is 10.3. The quantitative estimate of drug-likeness (QED) is 0.551. The molecule has 1 aliphatic rings. The first-order valence-corrected chi connectivity index (χ1v) is 11.1. The van der Waals surface area contributed by atoms with Crippen molar-refractivity contribution in [2.75, 3.05) is 30.4 Å². The van der Waals surface area contributed by atoms with Gasteiger partial charge in [0.05, 0.1) is 12.8 Å². The van der Waals surface area contributed by atoms with Gasteiger partial charge in [0.2, 0.25) is 5.91 Å². The number of ether oxygens (including phenoxy) is 1. The maximum absolute atomic E-state index is 12.7. The molecule has 3 aromatic rings. The fraction of sp³-hybridized carbons (Fsp3) is 0.292. The number of carbonyl (C=O) groups excluding carboxylic acids is 1. The number of hydrogen-bond acceptors (Lipinski definition) is 5. The fourth-order valence-corrected chi connectivity index (χ4v) is 4.02. The van der Waals surface area contributed by atoms with Crippen molar-refractivity contribution in [1.29, 1.82) is 0 Å². The molecule has 0 unspecified atom stereocenters. The monoisotopic (exact) mass is 480 g/mol. The van der Waals surface area contributed by atoms with Gasteiger partial charge in [-0.15, -0.1) is 0 Å². The third kappa shape index (κ3) is 5.05. The third-order valence-corrected chi connectivity index (χ3v) is 6.54. The number of halogens is 1. The molecule has 0 atom stereocenters. The van der Waals surface area contributed by atoms with Crippen molar-refractivity contribution in [3.05, 3.63) is 64.9 Å². The number of rotatable bonds is 5. The van der Waals surface area contributed by atoms with Crippen LogP contribution >= 0.6 is 15.9 Å². The Morgan fingerprint density at radius 2 is 1.84 bits per heavy atom. The van der Waals surface area contributed by atoms with Crippen LogP contribution in [0.5, 0.6) is 5.75 Å². The van der Waals surface area contributed by atoms with Crippen molar-refractivity contribution in [2.24, 2.45) is 5.92 Å². The first kappa shape index (κ1) is 21.3. The highest BCUT2D eigenvalue weighted by Gasteiger charge is 2.26. The summed E-state index contributed by atoms with van der Waals surface area (Å²) < 4.78 is 6.27. The molecule has 160 valence electrons. The van der Waals surface area contributed by atoms with E-state index in [1.807, 2.05) is 55.5 Å². The molecule has 0 bridgehead atoms. The molecule has 2 heterocycles. The lowest BCUT2D eigenvalue weighted by molar-refractivity contribution is -0.120. The zero-order valence-corrected chi connectivity index (χ0v) is 19.2. The second-order valence-electron chi connectivity index (χ2n) is 7.70. The molecule has 0 radical (unpaired) electrons. The molecule has 4 rings (SSSR count). The SMILES string of the molecule is COc1ccc(-c2cc(N3CCC(C(=O)Nc4ccc(Br)c(C)c4)CC3)ncn2)cc1. The van der Waals surface area contributed by atoms with E-state index in [9.17, 15) is 4.79 Å². The second-order valence-corrected chi connectivity index (χ2v) is 8.56. The van der Waals surface area contributed by atoms with Gasteiger partial charge in [0.1, 0.15) is 17.9 Å². The van der Waals surface area contributed by atoms with Crippen LogP contribution in [0.4, 0.5) is 11.5 Å². The summed E-state index contributed by atoms with van der Waals surface area (Å²) in [6.45, 7) is 3.59. The number of benzene rings is 2. The van der Waals surface area contributed by atoms with Crippen LogP contribution in [-0.2, 0) is 4.79 Å². The Hall–Kier alpha value is -2.93. The zero-order chi connectivity index (χ0) is 21.8. The van der Waals surface area contributed by atoms with E-state index in [0.717, 1.165) is 64.5 Å². The number of nitrogens with one attached hydrogen (secondary N) is 1. The number of aromatic nitrogens is 2. The highest BCUT2D eigenvalue weighted by atomic mass is 79.9. The van der Waals surface area contributed by atoms with Crippen LogP contribution in [0.25, 0.3) is 11.3 Å². The van der Waals surface area contributed by atoms with Gasteiger partial charge in [-0.25, -0.2) is 9.97 Å². The minimum absolute atomic E-state index is 0.00287. The van der Waals surface area contributed by atoms with Gasteiger partial charge >= 0.3 is 0 Å². The highest BCUT2D eigenvalue weighted by molar-refractivity contribution is 9.10. The molecule has 0 aliphatic carbocycles. The van der Waals surface area contributed by atoms with Crippen LogP contribution in [0.15, 0.2) is 59.3 Å². The molecule has 0 saturated carbocycles. The molecule has 1 saturated heterocycles. The van der Waals surface area contributed by atoms with E-state index < -0.39 is 0 Å². The van der Waals surface area contributed by atoms with Crippen molar-refractivity contribution in [3.63, 3.8) is 0 Å². The Bertz CT molecular complexity index is 1060. The number of nitrogens with zero attached hydrogens (tertiary/aromatic N) is 3. The van der Waals surface area contributed by atoms with Crippen LogP contribution < -0.4 is 15.0 Å². The van der Waals surface area contributed by atoms with Crippen LogP contribution in [0.1, 0.15) is 18.4 Å². The summed E-state index contributed by atoms with van der Waals surface area (Å²) in [4.78, 5) is 23.8. The number of anilines is 2. The number of piperidine rings is 1. The molecule has 1 N–H and O–H groups in total. The molecule has 31 heavy (non-hydrogen) atoms. The van der Waals surface area contributed by atoms with Gasteiger partial charge in [-0.3, -0.25) is 4.79 Å². The van der Waals surface area contributed by atoms with E-state index in [1.54, 1.807) is 13.4 Å². The molecule has 6 nitrogen and oxygen atoms in total. The lowest BCUT2D eigenvalue weighted by atomic mass is 9.95. The number of methoxy groups -OCH3 is 1. The van der Waals surface area contributed by atoms with Crippen LogP contribution in [0, 0.1) is 12.8 Å². The summed E-state index contributed by atoms with van der Waals surface area (Å²) in [6, 6.07) is 15.7. The molecule has 1 amide bonds. The van der Waals surface area contributed by atoms with E-state index in [-0.39, 0.29) is 11.8 Å². The van der Waals surface area contributed by atoms with E-state index in [4.69, 9.17) is 4.74 Å². The summed E-state index contributed by atoms with van der Waals surface area (Å²) >= 11 is 3.49. The summed E-state index contributed by atoms with van der Waals surface area (Å²) in [5, 5.41) is 3.06. The van der Waals surface area contributed by atoms with E-state index >= 15 is 0 Å². The highest BCUT2D eigenvalue weighted by Crippen LogP contribution is 2.27. The smallest absolute Gasteiger partial charge is 0.227 e. The van der Waals surface area contributed by atoms with Gasteiger partial charge in [-0.2, -0.15) is 0 Å². The average molecular weight is 481 g/mol. The molecule has 1 fully saturated rings. The normalized spacial score (nSPS) is 14.4. The van der Waals surface area contributed by atoms with Crippen LogP contribution in [-0.4, -0.2) is 36.1 Å². The van der Waals surface area contributed by atoms with E-state index in [2.05, 4.69) is 36.1 Å². The Morgan fingerprint density at radius 3 is 2.52 bits per heavy atom. The summed E-state index contributed by atoms with van der Waals surface area (Å²) in [5.74, 6) is 1.80. The Balaban J connectivity index is 1.38. The van der Waals surface area contributed by atoms with Crippen molar-refractivity contribution in [3.8, 4) is 17.0 Å². The van der Waals surface area contributed by atoms with Crippen LogP contribution in [0.2, 0.25) is 0 Å². The first-order chi connectivity index (χ1) is 15.0. The molecule has 2 aromatic carbocycles. The molecular weight excluding hydrogens is 456 g/mol. The minimum atomic E-state index is 0.00287.